The second-order valence-corrected chi connectivity index (χ2v) is 14.6. The molecule has 1 aliphatic carbocycles. The monoisotopic (exact) mass is 437 g/mol. The summed E-state index contributed by atoms with van der Waals surface area (Å²) in [7, 11) is -3.34. The molecule has 2 aromatic rings. The first-order chi connectivity index (χ1) is 14.4. The average molecular weight is 437 g/mol. The molecule has 0 spiro atoms. The number of rotatable bonds is 5. The Labute approximate surface area is 186 Å². The minimum absolute atomic E-state index is 0.0957. The van der Waals surface area contributed by atoms with Gasteiger partial charge < -0.3 is 0 Å². The van der Waals surface area contributed by atoms with E-state index in [2.05, 4.69) is 99.9 Å². The fraction of sp³-hybridized carbons (Fsp3) is 0.462. The summed E-state index contributed by atoms with van der Waals surface area (Å²) in [6.07, 6.45) is 6.57. The van der Waals surface area contributed by atoms with Crippen LogP contribution in [-0.4, -0.2) is 18.9 Å². The zero-order valence-electron chi connectivity index (χ0n) is 18.4. The molecule has 1 fully saturated rings. The highest BCUT2D eigenvalue weighted by Crippen LogP contribution is 2.70. The summed E-state index contributed by atoms with van der Waals surface area (Å²) < 4.78 is 6.02. The van der Waals surface area contributed by atoms with Gasteiger partial charge in [0.2, 0.25) is 0 Å². The molecule has 4 heteroatoms. The van der Waals surface area contributed by atoms with Crippen molar-refractivity contribution < 1.29 is 0 Å². The van der Waals surface area contributed by atoms with Gasteiger partial charge in [0.1, 0.15) is 7.05 Å². The van der Waals surface area contributed by atoms with Crippen molar-refractivity contribution in [3.05, 3.63) is 60.7 Å². The van der Waals surface area contributed by atoms with Crippen LogP contribution in [0.2, 0.25) is 0 Å². The van der Waals surface area contributed by atoms with E-state index in [1.54, 1.807) is 0 Å². The van der Waals surface area contributed by atoms with Crippen molar-refractivity contribution in [2.75, 3.05) is 0 Å². The number of benzene rings is 2. The second kappa shape index (κ2) is 10.4. The van der Waals surface area contributed by atoms with Crippen LogP contribution in [0, 0.1) is 17.5 Å². The van der Waals surface area contributed by atoms with E-state index < -0.39 is 14.3 Å². The van der Waals surface area contributed by atoms with Crippen LogP contribution >= 0.6 is 14.3 Å². The maximum absolute atomic E-state index is 6.02. The summed E-state index contributed by atoms with van der Waals surface area (Å²) in [6, 6.07) is 22.1. The zero-order chi connectivity index (χ0) is 21.6. The largest absolute Gasteiger partial charge is 0.177 e. The van der Waals surface area contributed by atoms with Gasteiger partial charge in [-0.2, -0.15) is 4.52 Å². The first kappa shape index (κ1) is 23.4. The number of hydrogen-bond donors (Lipinski definition) is 0. The van der Waals surface area contributed by atoms with Crippen molar-refractivity contribution in [2.45, 2.75) is 71.1 Å². The van der Waals surface area contributed by atoms with Crippen molar-refractivity contribution in [3.63, 3.8) is 0 Å². The average Bonchev–Trinajstić information content (AvgIpc) is 2.78. The third-order valence-electron chi connectivity index (χ3n) is 5.59. The molecule has 0 saturated heterocycles. The predicted molar refractivity (Wildman–Crippen MR) is 143 cm³/mol. The van der Waals surface area contributed by atoms with Crippen LogP contribution in [0.3, 0.4) is 0 Å². The first-order valence-electron chi connectivity index (χ1n) is 11.1. The lowest BCUT2D eigenvalue weighted by atomic mass is 9.90. The zero-order valence-corrected chi connectivity index (χ0v) is 20.2. The molecule has 0 unspecified atom stereocenters. The molecule has 0 radical (unpaired) electrons. The Hall–Kier alpha value is -1.28. The fourth-order valence-corrected chi connectivity index (χ4v) is 11.3. The van der Waals surface area contributed by atoms with E-state index in [4.69, 9.17) is 4.52 Å². The Morgan fingerprint density at radius 3 is 1.73 bits per heavy atom. The van der Waals surface area contributed by atoms with Gasteiger partial charge in [0, 0.05) is 27.8 Å². The highest BCUT2D eigenvalue weighted by Gasteiger charge is 2.37. The highest BCUT2D eigenvalue weighted by atomic mass is 31.2. The lowest BCUT2D eigenvalue weighted by molar-refractivity contribution is 0.430. The van der Waals surface area contributed by atoms with Crippen LogP contribution in [0.4, 0.5) is 0 Å². The Bertz CT molecular complexity index is 868. The van der Waals surface area contributed by atoms with Crippen LogP contribution < -0.4 is 10.6 Å². The molecule has 0 heterocycles. The van der Waals surface area contributed by atoms with E-state index in [9.17, 15) is 0 Å². The lowest BCUT2D eigenvalue weighted by Crippen LogP contribution is -2.19. The van der Waals surface area contributed by atoms with Gasteiger partial charge in [0.25, 0.3) is 0 Å². The van der Waals surface area contributed by atoms with Crippen LogP contribution in [0.5, 0.6) is 0 Å². The first-order valence-corrected chi connectivity index (χ1v) is 14.2. The molecule has 1 aliphatic rings. The Morgan fingerprint density at radius 1 is 0.833 bits per heavy atom. The highest BCUT2D eigenvalue weighted by molar-refractivity contribution is 8.02. The van der Waals surface area contributed by atoms with Gasteiger partial charge in [-0.05, 0) is 53.5 Å². The molecule has 0 N–H and O–H groups in total. The molecule has 3 rings (SSSR count). The molecule has 0 aliphatic heterocycles. The molecule has 1 nitrogen and oxygen atoms in total. The van der Waals surface area contributed by atoms with E-state index in [1.165, 1.54) is 42.7 Å². The summed E-state index contributed by atoms with van der Waals surface area (Å²) in [5.41, 5.74) is 5.30. The van der Waals surface area contributed by atoms with Crippen LogP contribution in [0.1, 0.15) is 59.8 Å². The van der Waals surface area contributed by atoms with Gasteiger partial charge >= 0.3 is 0 Å². The number of nitrogens with zero attached hydrogens (tertiary/aromatic N) is 1. The van der Waals surface area contributed by atoms with Crippen LogP contribution in [0.25, 0.3) is 0 Å². The van der Waals surface area contributed by atoms with Crippen LogP contribution in [-0.2, 0) is 0 Å². The Morgan fingerprint density at radius 2 is 1.30 bits per heavy atom. The van der Waals surface area contributed by atoms with E-state index >= 15 is 0 Å². The van der Waals surface area contributed by atoms with Gasteiger partial charge in [0.05, 0.1) is 0 Å². The fourth-order valence-electron chi connectivity index (χ4n) is 4.08. The molecule has 1 saturated carbocycles. The van der Waals surface area contributed by atoms with Gasteiger partial charge in [-0.3, -0.25) is 0 Å². The SMILES string of the molecule is [BH3-][P+](N=P(C#CC1CCCCC1)(c1ccccc1)c1ccccc1)(C(C)C)C(C)C. The standard InChI is InChI=1S/C26H38BNP2/c1-22(2)30(27,23(3)4)28-29(25-16-10-6-11-17-25,26-18-12-7-13-19-26)21-20-24-14-8-5-9-15-24/h6-7,10-13,16-19,22-24H,5,8-9,14-15H2,1-4,27H3. The smallest absolute Gasteiger partial charge is 0.153 e. The molecule has 0 atom stereocenters. The summed E-state index contributed by atoms with van der Waals surface area (Å²) in [6.45, 7) is 9.68. The van der Waals surface area contributed by atoms with Gasteiger partial charge in [0.15, 0.2) is 7.57 Å². The summed E-state index contributed by atoms with van der Waals surface area (Å²) in [5, 5.41) is 2.70. The Balaban J connectivity index is 2.33. The van der Waals surface area contributed by atoms with E-state index in [-0.39, 0.29) is 7.57 Å². The molecule has 2 aromatic carbocycles. The van der Waals surface area contributed by atoms with Crippen molar-refractivity contribution in [3.8, 4) is 11.6 Å². The quantitative estimate of drug-likeness (QED) is 0.291. The minimum Gasteiger partial charge on any atom is -0.177 e. The third-order valence-corrected chi connectivity index (χ3v) is 12.2. The maximum Gasteiger partial charge on any atom is 0.153 e. The van der Waals surface area contributed by atoms with Crippen LogP contribution in [0.15, 0.2) is 65.2 Å². The molecule has 0 aromatic heterocycles. The summed E-state index contributed by atoms with van der Waals surface area (Å²) >= 11 is 0. The van der Waals surface area contributed by atoms with Crippen molar-refractivity contribution in [1.82, 2.24) is 0 Å². The second-order valence-electron chi connectivity index (χ2n) is 8.55. The topological polar surface area (TPSA) is 12.4 Å². The van der Waals surface area contributed by atoms with Gasteiger partial charge in [-0.25, -0.2) is 0 Å². The van der Waals surface area contributed by atoms with Crippen molar-refractivity contribution >= 4 is 32.5 Å². The normalized spacial score (nSPS) is 15.7. The number of hydrogen-bond acceptors (Lipinski definition) is 1. The third kappa shape index (κ3) is 5.13. The lowest BCUT2D eigenvalue weighted by Gasteiger charge is -2.36. The molecule has 0 bridgehead atoms. The molecular formula is C26H38BNP2. The van der Waals surface area contributed by atoms with Crippen molar-refractivity contribution in [1.29, 1.82) is 0 Å². The predicted octanol–water partition coefficient (Wildman–Crippen LogP) is 6.41. The van der Waals surface area contributed by atoms with Gasteiger partial charge in [-0.15, -0.1) is 0 Å². The molecule has 30 heavy (non-hydrogen) atoms. The van der Waals surface area contributed by atoms with E-state index in [0.29, 0.717) is 17.2 Å². The Kier molecular flexibility index (Phi) is 8.07. The molecule has 160 valence electrons. The minimum atomic E-state index is -2.12. The van der Waals surface area contributed by atoms with E-state index in [0.717, 1.165) is 0 Å². The maximum atomic E-state index is 6.02. The molecular weight excluding hydrogens is 399 g/mol. The van der Waals surface area contributed by atoms with E-state index in [1.807, 2.05) is 0 Å². The summed E-state index contributed by atoms with van der Waals surface area (Å²) in [4.78, 5) is 0. The molecule has 0 amide bonds. The van der Waals surface area contributed by atoms with Crippen molar-refractivity contribution in [2.24, 2.45) is 10.4 Å². The van der Waals surface area contributed by atoms with Gasteiger partial charge in [-0.1, -0.05) is 85.8 Å². The summed E-state index contributed by atoms with van der Waals surface area (Å²) in [5.74, 6) is 4.36.